The summed E-state index contributed by atoms with van der Waals surface area (Å²) in [6, 6.07) is 0. The van der Waals surface area contributed by atoms with E-state index in [0.717, 1.165) is 12.8 Å². The molecule has 11 heteroatoms. The first-order chi connectivity index (χ1) is 14.7. The van der Waals surface area contributed by atoms with Crippen LogP contribution in [0.4, 0.5) is 0 Å². The topological polar surface area (TPSA) is 88.4 Å². The number of halogens is 5. The molecule has 6 nitrogen and oxygen atoms in total. The van der Waals surface area contributed by atoms with Crippen molar-refractivity contribution in [2.24, 2.45) is 5.92 Å². The quantitative estimate of drug-likeness (QED) is 0.143. The van der Waals surface area contributed by atoms with Gasteiger partial charge in [0.2, 0.25) is 0 Å². The second kappa shape index (κ2) is 16.0. The highest BCUT2D eigenvalue weighted by atomic mass is 127. The van der Waals surface area contributed by atoms with Gasteiger partial charge in [0, 0.05) is 31.0 Å². The lowest BCUT2D eigenvalue weighted by atomic mass is 9.83. The van der Waals surface area contributed by atoms with Crippen molar-refractivity contribution in [3.05, 3.63) is 0 Å². The van der Waals surface area contributed by atoms with Crippen LogP contribution in [0.25, 0.3) is 0 Å². The van der Waals surface area contributed by atoms with Crippen molar-refractivity contribution in [1.29, 1.82) is 0 Å². The van der Waals surface area contributed by atoms with Crippen molar-refractivity contribution < 1.29 is 52.1 Å². The van der Waals surface area contributed by atoms with E-state index in [4.69, 9.17) is 49.0 Å². The first-order valence-electron chi connectivity index (χ1n) is 10.7. The van der Waals surface area contributed by atoms with E-state index in [-0.39, 0.29) is 42.9 Å². The van der Waals surface area contributed by atoms with Crippen LogP contribution in [-0.4, -0.2) is 83.4 Å². The molecule has 0 aliphatic heterocycles. The summed E-state index contributed by atoms with van der Waals surface area (Å²) in [5.74, 6) is 0.310. The monoisotopic (exact) mass is 747 g/mol. The van der Waals surface area contributed by atoms with Crippen molar-refractivity contribution in [3.8, 4) is 0 Å². The van der Waals surface area contributed by atoms with E-state index < -0.39 is 31.1 Å². The number of aliphatic hydroxyl groups is 3. The molecular formula is C21H40Cl3I2O6+. The van der Waals surface area contributed by atoms with Gasteiger partial charge in [-0.1, -0.05) is 13.3 Å². The van der Waals surface area contributed by atoms with Crippen molar-refractivity contribution in [2.45, 2.75) is 91.1 Å². The molecule has 3 N–H and O–H groups in total. The number of ether oxygens (including phenoxy) is 3. The van der Waals surface area contributed by atoms with E-state index >= 15 is 0 Å². The molecule has 0 amide bonds. The zero-order valence-electron chi connectivity index (χ0n) is 19.5. The minimum absolute atomic E-state index is 0.0283. The van der Waals surface area contributed by atoms with Gasteiger partial charge in [0.15, 0.2) is 0 Å². The molecule has 0 heterocycles. The molecule has 0 saturated carbocycles. The first-order valence-corrected chi connectivity index (χ1v) is 14.6. The van der Waals surface area contributed by atoms with Crippen LogP contribution in [0.3, 0.4) is 0 Å². The molecule has 0 spiro atoms. The Balaban J connectivity index is 5.09. The fourth-order valence-electron chi connectivity index (χ4n) is 3.47. The number of rotatable bonds is 18. The molecule has 0 aromatic heterocycles. The van der Waals surface area contributed by atoms with Gasteiger partial charge in [-0.3, -0.25) is 0 Å². The van der Waals surface area contributed by atoms with Gasteiger partial charge in [0.25, 0.3) is 26.2 Å². The Morgan fingerprint density at radius 2 is 1.56 bits per heavy atom. The second-order valence-corrected chi connectivity index (χ2v) is 14.4. The van der Waals surface area contributed by atoms with Gasteiger partial charge in [0.05, 0.1) is 36.9 Å². The van der Waals surface area contributed by atoms with E-state index in [0.29, 0.717) is 6.42 Å². The lowest BCUT2D eigenvalue weighted by molar-refractivity contribution is -0.572. The smallest absolute Gasteiger partial charge is 0.293 e. The minimum atomic E-state index is -0.917. The second-order valence-electron chi connectivity index (χ2n) is 8.84. The van der Waals surface area contributed by atoms with Crippen LogP contribution in [0.2, 0.25) is 0 Å². The highest BCUT2D eigenvalue weighted by Crippen LogP contribution is 2.35. The Morgan fingerprint density at radius 1 is 0.969 bits per heavy atom. The van der Waals surface area contributed by atoms with E-state index in [9.17, 15) is 15.3 Å². The van der Waals surface area contributed by atoms with E-state index in [1.807, 2.05) is 20.8 Å². The summed E-state index contributed by atoms with van der Waals surface area (Å²) < 4.78 is 16.7. The summed E-state index contributed by atoms with van der Waals surface area (Å²) in [6.45, 7) is 9.46. The number of hydrogen-bond acceptors (Lipinski definition) is 6. The molecule has 194 valence electrons. The van der Waals surface area contributed by atoms with Crippen LogP contribution in [0.15, 0.2) is 0 Å². The molecule has 7 atom stereocenters. The molecule has 0 aromatic rings. The summed E-state index contributed by atoms with van der Waals surface area (Å²) in [7, 11) is 0. The van der Waals surface area contributed by atoms with Crippen molar-refractivity contribution in [2.75, 3.05) is 30.9 Å². The number of aliphatic hydroxyl groups excluding tert-OH is 3. The van der Waals surface area contributed by atoms with Crippen molar-refractivity contribution in [3.63, 3.8) is 0 Å². The van der Waals surface area contributed by atoms with Gasteiger partial charge < -0.3 is 29.5 Å². The Labute approximate surface area is 235 Å². The van der Waals surface area contributed by atoms with Gasteiger partial charge in [-0.2, -0.15) is 0 Å². The predicted octanol–water partition coefficient (Wildman–Crippen LogP) is 0.942. The van der Waals surface area contributed by atoms with Crippen molar-refractivity contribution >= 4 is 57.4 Å². The van der Waals surface area contributed by atoms with Crippen LogP contribution < -0.4 is 22.6 Å². The summed E-state index contributed by atoms with van der Waals surface area (Å²) in [5, 5.41) is 30.1. The average molecular weight is 749 g/mol. The van der Waals surface area contributed by atoms with Gasteiger partial charge in [-0.05, 0) is 49.8 Å². The molecule has 0 fully saturated rings. The summed E-state index contributed by atoms with van der Waals surface area (Å²) >= 11 is 21.7. The highest BCUT2D eigenvalue weighted by molar-refractivity contribution is 14.1. The standard InChI is InChI=1S/C21H40Cl3I2O6/c1-6-7-16(17(28)10-23)19(2,3)31-14(9-22)8-20(4,25)30-13-15(12-27)32-21(5,26)18(29)11-24/h14-18,26-29H,6-13H2,1-5H3/q+1/t14?,15?,16?,17?,18-,20?,21+/m0/s1. The molecule has 5 unspecified atom stereocenters. The van der Waals surface area contributed by atoms with E-state index in [1.165, 1.54) is 0 Å². The fraction of sp³-hybridized carbons (Fsp3) is 1.00. The van der Waals surface area contributed by atoms with Crippen LogP contribution in [0.1, 0.15) is 53.9 Å². The third-order valence-electron chi connectivity index (χ3n) is 5.28. The molecule has 0 aliphatic carbocycles. The molecule has 0 bridgehead atoms. The largest absolute Gasteiger partial charge is 0.394 e. The van der Waals surface area contributed by atoms with Gasteiger partial charge in [-0.15, -0.1) is 34.8 Å². The number of hydrogen-bond donors (Lipinski definition) is 3. The predicted molar refractivity (Wildman–Crippen MR) is 136 cm³/mol. The Hall–Kier alpha value is 2.09. The third-order valence-corrected chi connectivity index (χ3v) is 8.03. The summed E-state index contributed by atoms with van der Waals surface area (Å²) in [5.41, 5.74) is -0.630. The molecule has 0 aliphatic rings. The maximum Gasteiger partial charge on any atom is 0.293 e. The van der Waals surface area contributed by atoms with Gasteiger partial charge >= 0.3 is 0 Å². The average Bonchev–Trinajstić information content (AvgIpc) is 2.72. The minimum Gasteiger partial charge on any atom is -0.394 e. The van der Waals surface area contributed by atoms with Crippen LogP contribution in [-0.2, 0) is 14.2 Å². The van der Waals surface area contributed by atoms with Crippen molar-refractivity contribution in [1.82, 2.24) is 0 Å². The molecule has 0 rings (SSSR count). The Bertz CT molecular complexity index is 514. The summed E-state index contributed by atoms with van der Waals surface area (Å²) in [4.78, 5) is 0. The lowest BCUT2D eigenvalue weighted by Gasteiger charge is -2.40. The van der Waals surface area contributed by atoms with Crippen LogP contribution in [0.5, 0.6) is 0 Å². The molecule has 0 aromatic carbocycles. The molecule has 32 heavy (non-hydrogen) atoms. The molecule has 0 saturated heterocycles. The number of alkyl halides is 5. The molecular weight excluding hydrogens is 708 g/mol. The zero-order valence-corrected chi connectivity index (χ0v) is 26.3. The first kappa shape index (κ1) is 34.1. The molecule has 0 radical (unpaired) electrons. The lowest BCUT2D eigenvalue weighted by Crippen LogP contribution is -3.44. The van der Waals surface area contributed by atoms with E-state index in [1.54, 1.807) is 29.5 Å². The maximum absolute atomic E-state index is 10.4. The summed E-state index contributed by atoms with van der Waals surface area (Å²) in [6.07, 6.45) is -0.306. The maximum atomic E-state index is 10.4. The van der Waals surface area contributed by atoms with Crippen LogP contribution in [0, 0.1) is 5.92 Å². The SMILES string of the molecule is CCCC(C(O)CCl)C(C)(C)OC(CCl)CC(C)(I)OCC(CO)O[C@@](C)([IH+])[C@@H](O)CCl. The van der Waals surface area contributed by atoms with E-state index in [2.05, 4.69) is 29.5 Å². The fourth-order valence-corrected chi connectivity index (χ4v) is 5.74. The normalized spacial score (nSPS) is 21.3. The van der Waals surface area contributed by atoms with Crippen LogP contribution >= 0.6 is 57.4 Å². The Morgan fingerprint density at radius 3 is 2.00 bits per heavy atom. The van der Waals surface area contributed by atoms with Gasteiger partial charge in [-0.25, -0.2) is 0 Å². The third kappa shape index (κ3) is 12.4. The Kier molecular flexibility index (Phi) is 17.1. The highest BCUT2D eigenvalue weighted by Gasteiger charge is 2.43. The zero-order chi connectivity index (χ0) is 25.2. The van der Waals surface area contributed by atoms with Gasteiger partial charge in [0.1, 0.15) is 15.8 Å².